The average Bonchev–Trinajstić information content (AvgIpc) is 2.74. The average molecular weight is 233 g/mol. The summed E-state index contributed by atoms with van der Waals surface area (Å²) in [7, 11) is 0. The highest BCUT2D eigenvalue weighted by molar-refractivity contribution is 5.76. The summed E-state index contributed by atoms with van der Waals surface area (Å²) in [5, 5.41) is 3.33. The molecule has 2 aromatic rings. The number of aryl methyl sites for hydroxylation is 1. The molecule has 2 N–H and O–H groups in total. The summed E-state index contributed by atoms with van der Waals surface area (Å²) in [5.74, 6) is 1.30. The van der Waals surface area contributed by atoms with E-state index in [1.54, 1.807) is 6.92 Å². The Bertz CT molecular complexity index is 502. The molecule has 1 aliphatic rings. The minimum absolute atomic E-state index is 0.180. The highest BCUT2D eigenvalue weighted by atomic mass is 19.1. The second-order valence-electron chi connectivity index (χ2n) is 4.76. The van der Waals surface area contributed by atoms with Crippen molar-refractivity contribution in [1.29, 1.82) is 0 Å². The van der Waals surface area contributed by atoms with Gasteiger partial charge in [-0.3, -0.25) is 0 Å². The molecule has 4 heteroatoms. The first kappa shape index (κ1) is 10.7. The zero-order valence-electron chi connectivity index (χ0n) is 9.89. The van der Waals surface area contributed by atoms with Gasteiger partial charge < -0.3 is 10.3 Å². The number of aromatic nitrogens is 2. The SMILES string of the molecule is Cc1cc2[nH]c(C3CCNCC3)nc2cc1F. The number of aromatic amines is 1. The third-order valence-corrected chi connectivity index (χ3v) is 3.51. The van der Waals surface area contributed by atoms with E-state index in [-0.39, 0.29) is 5.82 Å². The van der Waals surface area contributed by atoms with E-state index in [1.165, 1.54) is 6.07 Å². The maximum Gasteiger partial charge on any atom is 0.128 e. The summed E-state index contributed by atoms with van der Waals surface area (Å²) < 4.78 is 13.4. The number of nitrogens with zero attached hydrogens (tertiary/aromatic N) is 1. The van der Waals surface area contributed by atoms with Crippen molar-refractivity contribution in [3.63, 3.8) is 0 Å². The summed E-state index contributed by atoms with van der Waals surface area (Å²) >= 11 is 0. The van der Waals surface area contributed by atoms with E-state index in [0.717, 1.165) is 42.8 Å². The van der Waals surface area contributed by atoms with Gasteiger partial charge in [0.25, 0.3) is 0 Å². The molecule has 0 amide bonds. The van der Waals surface area contributed by atoms with Crippen molar-refractivity contribution in [2.24, 2.45) is 0 Å². The van der Waals surface area contributed by atoms with Gasteiger partial charge in [0, 0.05) is 12.0 Å². The van der Waals surface area contributed by atoms with E-state index >= 15 is 0 Å². The minimum Gasteiger partial charge on any atom is -0.342 e. The van der Waals surface area contributed by atoms with Gasteiger partial charge in [-0.15, -0.1) is 0 Å². The standard InChI is InChI=1S/C13H16FN3/c1-8-6-11-12(7-10(8)14)17-13(16-11)9-2-4-15-5-3-9/h6-7,9,15H,2-5H2,1H3,(H,16,17). The molecule has 1 aliphatic heterocycles. The Morgan fingerprint density at radius 1 is 1.29 bits per heavy atom. The predicted octanol–water partition coefficient (Wildman–Crippen LogP) is 2.48. The van der Waals surface area contributed by atoms with Crippen LogP contribution in [0.15, 0.2) is 12.1 Å². The minimum atomic E-state index is -0.180. The lowest BCUT2D eigenvalue weighted by atomic mass is 9.98. The topological polar surface area (TPSA) is 40.7 Å². The molecule has 1 fully saturated rings. The first-order valence-electron chi connectivity index (χ1n) is 6.10. The second kappa shape index (κ2) is 4.11. The van der Waals surface area contributed by atoms with E-state index in [2.05, 4.69) is 15.3 Å². The largest absolute Gasteiger partial charge is 0.342 e. The quantitative estimate of drug-likeness (QED) is 0.794. The summed E-state index contributed by atoms with van der Waals surface area (Å²) in [6, 6.07) is 3.36. The van der Waals surface area contributed by atoms with Crippen LogP contribution >= 0.6 is 0 Å². The molecule has 2 heterocycles. The number of halogens is 1. The molecule has 0 radical (unpaired) electrons. The number of piperidine rings is 1. The van der Waals surface area contributed by atoms with Crippen LogP contribution < -0.4 is 5.32 Å². The van der Waals surface area contributed by atoms with Crippen LogP contribution in [-0.4, -0.2) is 23.1 Å². The van der Waals surface area contributed by atoms with Gasteiger partial charge >= 0.3 is 0 Å². The van der Waals surface area contributed by atoms with Gasteiger partial charge in [0.2, 0.25) is 0 Å². The van der Waals surface area contributed by atoms with Crippen molar-refractivity contribution in [3.05, 3.63) is 29.3 Å². The highest BCUT2D eigenvalue weighted by Gasteiger charge is 2.18. The molecule has 1 aromatic heterocycles. The predicted molar refractivity (Wildman–Crippen MR) is 65.6 cm³/mol. The Kier molecular flexibility index (Phi) is 2.59. The molecule has 1 aromatic carbocycles. The Hall–Kier alpha value is -1.42. The number of rotatable bonds is 1. The molecule has 17 heavy (non-hydrogen) atoms. The van der Waals surface area contributed by atoms with Crippen molar-refractivity contribution in [1.82, 2.24) is 15.3 Å². The fourth-order valence-corrected chi connectivity index (χ4v) is 2.45. The van der Waals surface area contributed by atoms with Crippen molar-refractivity contribution in [3.8, 4) is 0 Å². The number of fused-ring (bicyclic) bond motifs is 1. The smallest absolute Gasteiger partial charge is 0.128 e. The number of H-pyrrole nitrogens is 1. The first-order valence-corrected chi connectivity index (χ1v) is 6.10. The zero-order chi connectivity index (χ0) is 11.8. The maximum atomic E-state index is 13.4. The molecule has 1 saturated heterocycles. The molecule has 90 valence electrons. The summed E-state index contributed by atoms with van der Waals surface area (Å²) in [4.78, 5) is 7.84. The van der Waals surface area contributed by atoms with Gasteiger partial charge in [0.05, 0.1) is 11.0 Å². The van der Waals surface area contributed by atoms with Gasteiger partial charge in [-0.1, -0.05) is 0 Å². The lowest BCUT2D eigenvalue weighted by Crippen LogP contribution is -2.27. The van der Waals surface area contributed by atoms with Crippen LogP contribution in [0.1, 0.15) is 30.1 Å². The molecule has 0 bridgehead atoms. The molecule has 0 atom stereocenters. The Morgan fingerprint density at radius 3 is 2.82 bits per heavy atom. The monoisotopic (exact) mass is 233 g/mol. The van der Waals surface area contributed by atoms with Crippen molar-refractivity contribution >= 4 is 11.0 Å². The summed E-state index contributed by atoms with van der Waals surface area (Å²) in [5.41, 5.74) is 2.34. The number of hydrogen-bond donors (Lipinski definition) is 2. The molecule has 0 saturated carbocycles. The van der Waals surface area contributed by atoms with Gasteiger partial charge in [0.15, 0.2) is 0 Å². The third-order valence-electron chi connectivity index (χ3n) is 3.51. The molecule has 0 spiro atoms. The lowest BCUT2D eigenvalue weighted by Gasteiger charge is -2.20. The fraction of sp³-hybridized carbons (Fsp3) is 0.462. The van der Waals surface area contributed by atoms with Crippen LogP contribution in [0.4, 0.5) is 4.39 Å². The normalized spacial score (nSPS) is 17.8. The first-order chi connectivity index (χ1) is 8.24. The summed E-state index contributed by atoms with van der Waals surface area (Å²) in [6.45, 7) is 3.85. The second-order valence-corrected chi connectivity index (χ2v) is 4.76. The molecular formula is C13H16FN3. The molecule has 0 unspecified atom stereocenters. The van der Waals surface area contributed by atoms with Crippen LogP contribution in [-0.2, 0) is 0 Å². The van der Waals surface area contributed by atoms with E-state index < -0.39 is 0 Å². The van der Waals surface area contributed by atoms with Crippen molar-refractivity contribution < 1.29 is 4.39 Å². The van der Waals surface area contributed by atoms with E-state index in [0.29, 0.717) is 11.5 Å². The van der Waals surface area contributed by atoms with Crippen LogP contribution in [0, 0.1) is 12.7 Å². The Balaban J connectivity index is 2.00. The van der Waals surface area contributed by atoms with Crippen LogP contribution in [0.5, 0.6) is 0 Å². The third kappa shape index (κ3) is 1.93. The zero-order valence-corrected chi connectivity index (χ0v) is 9.89. The van der Waals surface area contributed by atoms with Crippen molar-refractivity contribution in [2.75, 3.05) is 13.1 Å². The number of hydrogen-bond acceptors (Lipinski definition) is 2. The molecule has 0 aliphatic carbocycles. The van der Waals surface area contributed by atoms with E-state index in [1.807, 2.05) is 6.07 Å². The fourth-order valence-electron chi connectivity index (χ4n) is 2.45. The molecular weight excluding hydrogens is 217 g/mol. The van der Waals surface area contributed by atoms with E-state index in [4.69, 9.17) is 0 Å². The van der Waals surface area contributed by atoms with Gasteiger partial charge in [-0.2, -0.15) is 0 Å². The summed E-state index contributed by atoms with van der Waals surface area (Å²) in [6.07, 6.45) is 2.20. The molecule has 3 rings (SSSR count). The lowest BCUT2D eigenvalue weighted by molar-refractivity contribution is 0.448. The molecule has 3 nitrogen and oxygen atoms in total. The van der Waals surface area contributed by atoms with E-state index in [9.17, 15) is 4.39 Å². The van der Waals surface area contributed by atoms with Crippen LogP contribution in [0.2, 0.25) is 0 Å². The van der Waals surface area contributed by atoms with Crippen LogP contribution in [0.3, 0.4) is 0 Å². The Labute approximate surface area is 99.4 Å². The van der Waals surface area contributed by atoms with Gasteiger partial charge in [-0.05, 0) is 44.5 Å². The van der Waals surface area contributed by atoms with Crippen molar-refractivity contribution in [2.45, 2.75) is 25.7 Å². The van der Waals surface area contributed by atoms with Gasteiger partial charge in [-0.25, -0.2) is 9.37 Å². The number of imidazole rings is 1. The Morgan fingerprint density at radius 2 is 2.06 bits per heavy atom. The highest BCUT2D eigenvalue weighted by Crippen LogP contribution is 2.25. The number of nitrogens with one attached hydrogen (secondary N) is 2. The van der Waals surface area contributed by atoms with Gasteiger partial charge in [0.1, 0.15) is 11.6 Å². The van der Waals surface area contributed by atoms with Crippen LogP contribution in [0.25, 0.3) is 11.0 Å². The number of benzene rings is 1. The maximum absolute atomic E-state index is 13.4.